The van der Waals surface area contributed by atoms with E-state index >= 15 is 0 Å². The number of nitrogens with one attached hydrogen (secondary N) is 1. The highest BCUT2D eigenvalue weighted by atomic mass is 35.5. The van der Waals surface area contributed by atoms with Crippen molar-refractivity contribution in [3.63, 3.8) is 0 Å². The zero-order chi connectivity index (χ0) is 19.5. The zero-order valence-electron chi connectivity index (χ0n) is 14.6. The molecule has 4 rings (SSSR count). The molecule has 0 atom stereocenters. The van der Waals surface area contributed by atoms with Gasteiger partial charge in [0.1, 0.15) is 24.7 Å². The van der Waals surface area contributed by atoms with E-state index in [2.05, 4.69) is 5.32 Å². The van der Waals surface area contributed by atoms with E-state index in [1.807, 2.05) is 0 Å². The summed E-state index contributed by atoms with van der Waals surface area (Å²) in [6.45, 7) is 1.01. The minimum atomic E-state index is -0.291. The second kappa shape index (κ2) is 8.00. The number of carbonyl (C=O) groups excluding carboxylic acids is 1. The predicted molar refractivity (Wildman–Crippen MR) is 109 cm³/mol. The van der Waals surface area contributed by atoms with Crippen molar-refractivity contribution in [3.05, 3.63) is 70.4 Å². The molecule has 0 unspecified atom stereocenters. The summed E-state index contributed by atoms with van der Waals surface area (Å²) >= 11 is 12.0. The number of hydrogen-bond acceptors (Lipinski definition) is 4. The summed E-state index contributed by atoms with van der Waals surface area (Å²) < 4.78 is 16.7. The summed E-state index contributed by atoms with van der Waals surface area (Å²) in [6, 6.07) is 14.0. The van der Waals surface area contributed by atoms with Crippen molar-refractivity contribution in [2.75, 3.05) is 18.5 Å². The topological polar surface area (TPSA) is 60.7 Å². The number of hydrogen-bond donors (Lipinski definition) is 1. The van der Waals surface area contributed by atoms with E-state index in [0.717, 1.165) is 5.56 Å². The summed E-state index contributed by atoms with van der Waals surface area (Å²) in [7, 11) is 0. The maximum absolute atomic E-state index is 12.2. The predicted octanol–water partition coefficient (Wildman–Crippen LogP) is 5.68. The molecule has 0 spiro atoms. The van der Waals surface area contributed by atoms with Crippen molar-refractivity contribution in [1.82, 2.24) is 0 Å². The fraction of sp³-hybridized carbons (Fsp3) is 0.0952. The van der Waals surface area contributed by atoms with Crippen LogP contribution < -0.4 is 14.8 Å². The molecule has 0 saturated heterocycles. The molecule has 5 nitrogen and oxygen atoms in total. The summed E-state index contributed by atoms with van der Waals surface area (Å²) in [5, 5.41) is 3.82. The molecule has 1 N–H and O–H groups in total. The molecule has 2 heterocycles. The van der Waals surface area contributed by atoms with Crippen molar-refractivity contribution < 1.29 is 18.7 Å². The lowest BCUT2D eigenvalue weighted by atomic mass is 10.2. The van der Waals surface area contributed by atoms with E-state index in [0.29, 0.717) is 52.0 Å². The Morgan fingerprint density at radius 1 is 0.929 bits per heavy atom. The average Bonchev–Trinajstić information content (AvgIpc) is 3.15. The third-order valence-corrected chi connectivity index (χ3v) is 4.42. The van der Waals surface area contributed by atoms with Crippen LogP contribution in [0.1, 0.15) is 5.76 Å². The van der Waals surface area contributed by atoms with Gasteiger partial charge in [-0.3, -0.25) is 4.79 Å². The maximum Gasteiger partial charge on any atom is 0.248 e. The van der Waals surface area contributed by atoms with Gasteiger partial charge < -0.3 is 19.2 Å². The quantitative estimate of drug-likeness (QED) is 0.557. The minimum absolute atomic E-state index is 0.291. The first kappa shape index (κ1) is 18.5. The van der Waals surface area contributed by atoms with Crippen molar-refractivity contribution >= 4 is 40.9 Å². The molecule has 7 heteroatoms. The van der Waals surface area contributed by atoms with Crippen LogP contribution >= 0.6 is 23.2 Å². The lowest BCUT2D eigenvalue weighted by Gasteiger charge is -2.18. The molecule has 0 saturated carbocycles. The fourth-order valence-electron chi connectivity index (χ4n) is 2.76. The molecule has 1 aliphatic heterocycles. The Hall–Kier alpha value is -2.89. The third kappa shape index (κ3) is 4.32. The second-order valence-electron chi connectivity index (χ2n) is 6.04. The second-order valence-corrected chi connectivity index (χ2v) is 6.91. The van der Waals surface area contributed by atoms with E-state index in [-0.39, 0.29) is 5.91 Å². The van der Waals surface area contributed by atoms with Gasteiger partial charge >= 0.3 is 0 Å². The Labute approximate surface area is 171 Å². The Balaban J connectivity index is 1.43. The summed E-state index contributed by atoms with van der Waals surface area (Å²) in [6.07, 6.45) is 2.98. The van der Waals surface area contributed by atoms with Crippen molar-refractivity contribution in [1.29, 1.82) is 0 Å². The Morgan fingerprint density at radius 3 is 2.46 bits per heavy atom. The van der Waals surface area contributed by atoms with Crippen LogP contribution in [-0.2, 0) is 4.79 Å². The van der Waals surface area contributed by atoms with Gasteiger partial charge in [0.15, 0.2) is 11.5 Å². The number of furan rings is 1. The molecule has 1 amide bonds. The van der Waals surface area contributed by atoms with Crippen molar-refractivity contribution in [2.24, 2.45) is 0 Å². The standard InChI is InChI=1S/C21H15Cl2NO4/c22-14-9-13(10-15(23)11-14)18-5-2-17(28-18)3-6-21(25)24-16-1-4-19-20(12-16)27-8-7-26-19/h1-6,9-12H,7-8H2,(H,24,25). The Kier molecular flexibility index (Phi) is 5.28. The minimum Gasteiger partial charge on any atom is -0.486 e. The highest BCUT2D eigenvalue weighted by Gasteiger charge is 2.12. The smallest absolute Gasteiger partial charge is 0.248 e. The van der Waals surface area contributed by atoms with Crippen LogP contribution in [0.2, 0.25) is 10.0 Å². The number of amides is 1. The average molecular weight is 416 g/mol. The zero-order valence-corrected chi connectivity index (χ0v) is 16.1. The number of anilines is 1. The summed E-state index contributed by atoms with van der Waals surface area (Å²) in [4.78, 5) is 12.2. The van der Waals surface area contributed by atoms with Gasteiger partial charge in [-0.15, -0.1) is 0 Å². The van der Waals surface area contributed by atoms with Gasteiger partial charge in [0.2, 0.25) is 5.91 Å². The monoisotopic (exact) mass is 415 g/mol. The number of rotatable bonds is 4. The lowest BCUT2D eigenvalue weighted by Crippen LogP contribution is -2.16. The first-order valence-electron chi connectivity index (χ1n) is 8.52. The molecule has 1 aromatic heterocycles. The van der Waals surface area contributed by atoms with Gasteiger partial charge in [0.25, 0.3) is 0 Å². The SMILES string of the molecule is O=C(C=Cc1ccc(-c2cc(Cl)cc(Cl)c2)o1)Nc1ccc2c(c1)OCCO2. The van der Waals surface area contributed by atoms with Gasteiger partial charge in [-0.05, 0) is 48.5 Å². The van der Waals surface area contributed by atoms with Crippen LogP contribution in [0.3, 0.4) is 0 Å². The van der Waals surface area contributed by atoms with E-state index in [9.17, 15) is 4.79 Å². The summed E-state index contributed by atoms with van der Waals surface area (Å²) in [5.41, 5.74) is 1.38. The van der Waals surface area contributed by atoms with E-state index in [1.165, 1.54) is 6.08 Å². The molecule has 1 aliphatic rings. The lowest BCUT2D eigenvalue weighted by molar-refractivity contribution is -0.111. The van der Waals surface area contributed by atoms with Crippen LogP contribution in [0.5, 0.6) is 11.5 Å². The number of benzene rings is 2. The Morgan fingerprint density at radius 2 is 1.68 bits per heavy atom. The third-order valence-electron chi connectivity index (χ3n) is 3.98. The van der Waals surface area contributed by atoms with Gasteiger partial charge in [-0.2, -0.15) is 0 Å². The van der Waals surface area contributed by atoms with Crippen LogP contribution in [0.25, 0.3) is 17.4 Å². The van der Waals surface area contributed by atoms with Crippen molar-refractivity contribution in [3.8, 4) is 22.8 Å². The van der Waals surface area contributed by atoms with E-state index in [4.69, 9.17) is 37.1 Å². The molecule has 0 aliphatic carbocycles. The van der Waals surface area contributed by atoms with Gasteiger partial charge in [-0.25, -0.2) is 0 Å². The first-order valence-corrected chi connectivity index (χ1v) is 9.27. The van der Waals surface area contributed by atoms with Crippen LogP contribution in [0, 0.1) is 0 Å². The Bertz CT molecular complexity index is 1040. The highest BCUT2D eigenvalue weighted by molar-refractivity contribution is 6.35. The van der Waals surface area contributed by atoms with Crippen LogP contribution in [0.15, 0.2) is 59.0 Å². The molecular formula is C21H15Cl2NO4. The molecule has 3 aromatic rings. The highest BCUT2D eigenvalue weighted by Crippen LogP contribution is 2.32. The molecule has 2 aromatic carbocycles. The molecular weight excluding hydrogens is 401 g/mol. The summed E-state index contributed by atoms with van der Waals surface area (Å²) in [5.74, 6) is 2.13. The molecule has 28 heavy (non-hydrogen) atoms. The van der Waals surface area contributed by atoms with Gasteiger partial charge in [0.05, 0.1) is 0 Å². The molecule has 0 radical (unpaired) electrons. The fourth-order valence-corrected chi connectivity index (χ4v) is 3.28. The number of halogens is 2. The van der Waals surface area contributed by atoms with Crippen LogP contribution in [0.4, 0.5) is 5.69 Å². The number of fused-ring (bicyclic) bond motifs is 1. The maximum atomic E-state index is 12.2. The molecule has 0 fully saturated rings. The number of ether oxygens (including phenoxy) is 2. The van der Waals surface area contributed by atoms with E-state index in [1.54, 1.807) is 54.6 Å². The largest absolute Gasteiger partial charge is 0.486 e. The molecule has 142 valence electrons. The first-order chi connectivity index (χ1) is 13.6. The number of carbonyl (C=O) groups is 1. The normalized spacial score (nSPS) is 12.9. The van der Waals surface area contributed by atoms with Crippen molar-refractivity contribution in [2.45, 2.75) is 0 Å². The van der Waals surface area contributed by atoms with Gasteiger partial charge in [-0.1, -0.05) is 23.2 Å². The van der Waals surface area contributed by atoms with Gasteiger partial charge in [0, 0.05) is 33.4 Å². The molecule has 0 bridgehead atoms. The van der Waals surface area contributed by atoms with E-state index < -0.39 is 0 Å². The van der Waals surface area contributed by atoms with Crippen LogP contribution in [-0.4, -0.2) is 19.1 Å².